The molecule has 0 spiro atoms. The number of thioether (sulfide) groups is 1. The van der Waals surface area contributed by atoms with Gasteiger partial charge in [-0.1, -0.05) is 37.3 Å². The standard InChI is InChI=1S/C18H28N2OS/c1-2-20-12-6-10-17(14-20)18(21)19-11-7-13-22-15-16-8-4-3-5-9-16/h3-5,8-9,17H,2,6-7,10-15H2,1H3,(H,19,21). The van der Waals surface area contributed by atoms with Crippen LogP contribution in [0, 0.1) is 5.92 Å². The van der Waals surface area contributed by atoms with Gasteiger partial charge in [-0.15, -0.1) is 0 Å². The lowest BCUT2D eigenvalue weighted by Crippen LogP contribution is -2.43. The zero-order valence-electron chi connectivity index (χ0n) is 13.6. The highest BCUT2D eigenvalue weighted by molar-refractivity contribution is 7.98. The minimum absolute atomic E-state index is 0.200. The number of nitrogens with one attached hydrogen (secondary N) is 1. The smallest absolute Gasteiger partial charge is 0.224 e. The van der Waals surface area contributed by atoms with Crippen molar-refractivity contribution in [3.8, 4) is 0 Å². The van der Waals surface area contributed by atoms with Crippen molar-refractivity contribution in [3.05, 3.63) is 35.9 Å². The molecule has 1 saturated heterocycles. The first-order chi connectivity index (χ1) is 10.8. The van der Waals surface area contributed by atoms with E-state index in [1.807, 2.05) is 11.8 Å². The van der Waals surface area contributed by atoms with Crippen LogP contribution in [0.25, 0.3) is 0 Å². The number of nitrogens with zero attached hydrogens (tertiary/aromatic N) is 1. The van der Waals surface area contributed by atoms with Crippen LogP contribution in [0.1, 0.15) is 31.7 Å². The van der Waals surface area contributed by atoms with Gasteiger partial charge in [0.15, 0.2) is 0 Å². The number of carbonyl (C=O) groups is 1. The predicted octanol–water partition coefficient (Wildman–Crippen LogP) is 3.16. The van der Waals surface area contributed by atoms with Crippen molar-refractivity contribution in [2.75, 3.05) is 31.9 Å². The van der Waals surface area contributed by atoms with Gasteiger partial charge in [-0.25, -0.2) is 0 Å². The lowest BCUT2D eigenvalue weighted by molar-refractivity contribution is -0.126. The molecule has 1 N–H and O–H groups in total. The van der Waals surface area contributed by atoms with Gasteiger partial charge in [0.1, 0.15) is 0 Å². The summed E-state index contributed by atoms with van der Waals surface area (Å²) in [6.45, 7) is 6.12. The minimum Gasteiger partial charge on any atom is -0.356 e. The Morgan fingerprint density at radius 2 is 2.18 bits per heavy atom. The maximum Gasteiger partial charge on any atom is 0.224 e. The molecule has 122 valence electrons. The lowest BCUT2D eigenvalue weighted by Gasteiger charge is -2.30. The monoisotopic (exact) mass is 320 g/mol. The molecule has 0 radical (unpaired) electrons. The van der Waals surface area contributed by atoms with Crippen molar-refractivity contribution in [2.24, 2.45) is 5.92 Å². The summed E-state index contributed by atoms with van der Waals surface area (Å²) >= 11 is 1.94. The van der Waals surface area contributed by atoms with Gasteiger partial charge >= 0.3 is 0 Å². The molecule has 4 heteroatoms. The van der Waals surface area contributed by atoms with Gasteiger partial charge in [0.25, 0.3) is 0 Å². The van der Waals surface area contributed by atoms with Crippen molar-refractivity contribution in [3.63, 3.8) is 0 Å². The summed E-state index contributed by atoms with van der Waals surface area (Å²) in [7, 11) is 0. The molecule has 1 aliphatic rings. The summed E-state index contributed by atoms with van der Waals surface area (Å²) in [5, 5.41) is 3.12. The van der Waals surface area contributed by atoms with Crippen LogP contribution in [-0.4, -0.2) is 42.7 Å². The Kier molecular flexibility index (Phi) is 7.81. The summed E-state index contributed by atoms with van der Waals surface area (Å²) in [5.74, 6) is 2.61. The third-order valence-electron chi connectivity index (χ3n) is 4.20. The molecule has 1 aromatic rings. The fraction of sp³-hybridized carbons (Fsp3) is 0.611. The van der Waals surface area contributed by atoms with Crippen LogP contribution in [0.15, 0.2) is 30.3 Å². The second-order valence-electron chi connectivity index (χ2n) is 5.92. The Morgan fingerprint density at radius 1 is 1.36 bits per heavy atom. The van der Waals surface area contributed by atoms with Crippen molar-refractivity contribution in [1.29, 1.82) is 0 Å². The Bertz CT molecular complexity index is 438. The number of rotatable bonds is 8. The molecule has 0 bridgehead atoms. The second-order valence-corrected chi connectivity index (χ2v) is 7.02. The molecule has 1 aromatic carbocycles. The molecule has 1 fully saturated rings. The highest BCUT2D eigenvalue weighted by Crippen LogP contribution is 2.16. The Labute approximate surface area is 138 Å². The third kappa shape index (κ3) is 6.01. The molecule has 3 nitrogen and oxygen atoms in total. The second kappa shape index (κ2) is 9.90. The molecule has 1 heterocycles. The average molecular weight is 321 g/mol. The van der Waals surface area contributed by atoms with Gasteiger partial charge < -0.3 is 10.2 Å². The van der Waals surface area contributed by atoms with E-state index in [1.165, 1.54) is 5.56 Å². The van der Waals surface area contributed by atoms with Gasteiger partial charge in [-0.3, -0.25) is 4.79 Å². The first-order valence-electron chi connectivity index (χ1n) is 8.41. The summed E-state index contributed by atoms with van der Waals surface area (Å²) in [6, 6.07) is 10.5. The highest BCUT2D eigenvalue weighted by Gasteiger charge is 2.24. The molecule has 1 aliphatic heterocycles. The first kappa shape index (κ1) is 17.4. The maximum atomic E-state index is 12.2. The van der Waals surface area contributed by atoms with Gasteiger partial charge in [0.05, 0.1) is 5.92 Å². The fourth-order valence-electron chi connectivity index (χ4n) is 2.85. The molecule has 0 saturated carbocycles. The topological polar surface area (TPSA) is 32.3 Å². The number of hydrogen-bond acceptors (Lipinski definition) is 3. The molecular formula is C18H28N2OS. The molecule has 0 aliphatic carbocycles. The zero-order valence-corrected chi connectivity index (χ0v) is 14.4. The number of likely N-dealkylation sites (tertiary alicyclic amines) is 1. The molecule has 1 unspecified atom stereocenters. The van der Waals surface area contributed by atoms with E-state index in [0.717, 1.165) is 56.9 Å². The predicted molar refractivity (Wildman–Crippen MR) is 95.1 cm³/mol. The molecule has 1 atom stereocenters. The molecule has 2 rings (SSSR count). The van der Waals surface area contributed by atoms with Crippen LogP contribution in [0.5, 0.6) is 0 Å². The first-order valence-corrected chi connectivity index (χ1v) is 9.56. The van der Waals surface area contributed by atoms with Gasteiger partial charge in [-0.05, 0) is 43.7 Å². The van der Waals surface area contributed by atoms with E-state index < -0.39 is 0 Å². The van der Waals surface area contributed by atoms with E-state index in [0.29, 0.717) is 0 Å². The molecular weight excluding hydrogens is 292 g/mol. The summed E-state index contributed by atoms with van der Waals surface area (Å²) in [5.41, 5.74) is 1.37. The number of benzene rings is 1. The minimum atomic E-state index is 0.200. The van der Waals surface area contributed by atoms with E-state index in [1.54, 1.807) is 0 Å². The summed E-state index contributed by atoms with van der Waals surface area (Å²) in [6.07, 6.45) is 3.25. The van der Waals surface area contributed by atoms with Crippen LogP contribution in [0.3, 0.4) is 0 Å². The number of piperidine rings is 1. The number of carbonyl (C=O) groups excluding carboxylic acids is 1. The van der Waals surface area contributed by atoms with Gasteiger partial charge in [-0.2, -0.15) is 11.8 Å². The fourth-order valence-corrected chi connectivity index (χ4v) is 3.77. The Morgan fingerprint density at radius 3 is 2.95 bits per heavy atom. The van der Waals surface area contributed by atoms with Crippen molar-refractivity contribution in [2.45, 2.75) is 31.9 Å². The summed E-state index contributed by atoms with van der Waals surface area (Å²) in [4.78, 5) is 14.5. The van der Waals surface area contributed by atoms with E-state index in [2.05, 4.69) is 47.5 Å². The number of amides is 1. The molecule has 0 aromatic heterocycles. The van der Waals surface area contributed by atoms with Gasteiger partial charge in [0.2, 0.25) is 5.91 Å². The largest absolute Gasteiger partial charge is 0.356 e. The molecule has 22 heavy (non-hydrogen) atoms. The van der Waals surface area contributed by atoms with E-state index in [-0.39, 0.29) is 11.8 Å². The van der Waals surface area contributed by atoms with E-state index in [4.69, 9.17) is 0 Å². The number of hydrogen-bond donors (Lipinski definition) is 1. The highest BCUT2D eigenvalue weighted by atomic mass is 32.2. The van der Waals surface area contributed by atoms with E-state index in [9.17, 15) is 4.79 Å². The SMILES string of the molecule is CCN1CCCC(C(=O)NCCCSCc2ccccc2)C1. The molecule has 1 amide bonds. The van der Waals surface area contributed by atoms with Crippen LogP contribution in [0.2, 0.25) is 0 Å². The van der Waals surface area contributed by atoms with Crippen LogP contribution >= 0.6 is 11.8 Å². The lowest BCUT2D eigenvalue weighted by atomic mass is 9.97. The third-order valence-corrected chi connectivity index (χ3v) is 5.31. The van der Waals surface area contributed by atoms with Crippen LogP contribution < -0.4 is 5.32 Å². The normalized spacial score (nSPS) is 19.0. The summed E-state index contributed by atoms with van der Waals surface area (Å²) < 4.78 is 0. The average Bonchev–Trinajstić information content (AvgIpc) is 2.58. The van der Waals surface area contributed by atoms with E-state index >= 15 is 0 Å². The Hall–Kier alpha value is -1.00. The quantitative estimate of drug-likeness (QED) is 0.747. The van der Waals surface area contributed by atoms with Crippen molar-refractivity contribution < 1.29 is 4.79 Å². The van der Waals surface area contributed by atoms with Crippen LogP contribution in [-0.2, 0) is 10.5 Å². The zero-order chi connectivity index (χ0) is 15.6. The Balaban J connectivity index is 1.53. The van der Waals surface area contributed by atoms with Gasteiger partial charge in [0, 0.05) is 18.8 Å². The maximum absolute atomic E-state index is 12.2. The van der Waals surface area contributed by atoms with Crippen LogP contribution in [0.4, 0.5) is 0 Å². The van der Waals surface area contributed by atoms with Crippen molar-refractivity contribution >= 4 is 17.7 Å². The van der Waals surface area contributed by atoms with Crippen molar-refractivity contribution in [1.82, 2.24) is 10.2 Å².